The first-order valence-corrected chi connectivity index (χ1v) is 8.54. The number of morpholine rings is 1. The third-order valence-corrected chi connectivity index (χ3v) is 5.19. The van der Waals surface area contributed by atoms with Crippen LogP contribution in [-0.4, -0.2) is 71.2 Å². The Balaban J connectivity index is 1.94. The number of amides is 2. The predicted molar refractivity (Wildman–Crippen MR) is 86.7 cm³/mol. The molecule has 2 amide bonds. The molecule has 4 atom stereocenters. The molecule has 0 aromatic heterocycles. The van der Waals surface area contributed by atoms with Crippen molar-refractivity contribution in [2.24, 2.45) is 11.3 Å². The molecule has 2 rings (SSSR count). The summed E-state index contributed by atoms with van der Waals surface area (Å²) in [6.45, 7) is 11.8. The highest BCUT2D eigenvalue weighted by atomic mass is 16.5. The molecule has 0 aromatic rings. The minimum Gasteiger partial charge on any atom is -0.390 e. The fraction of sp³-hybridized carbons (Fsp3) is 0.882. The number of carbonyl (C=O) groups is 2. The number of hydrogen-bond donors (Lipinski definition) is 1. The molecular weight excluding hydrogens is 296 g/mol. The van der Waals surface area contributed by atoms with Crippen LogP contribution >= 0.6 is 0 Å². The molecule has 23 heavy (non-hydrogen) atoms. The van der Waals surface area contributed by atoms with Crippen molar-refractivity contribution < 1.29 is 19.4 Å². The molecule has 0 unspecified atom stereocenters. The molecule has 6 heteroatoms. The summed E-state index contributed by atoms with van der Waals surface area (Å²) >= 11 is 0. The average molecular weight is 326 g/mol. The molecule has 0 aromatic carbocycles. The van der Waals surface area contributed by atoms with Crippen molar-refractivity contribution in [1.29, 1.82) is 0 Å². The van der Waals surface area contributed by atoms with Crippen LogP contribution in [0.4, 0.5) is 0 Å². The zero-order valence-electron chi connectivity index (χ0n) is 14.9. The minimum atomic E-state index is -0.727. The molecule has 0 bridgehead atoms. The Morgan fingerprint density at radius 2 is 1.78 bits per heavy atom. The molecule has 132 valence electrons. The Bertz CT molecular complexity index is 458. The van der Waals surface area contributed by atoms with Crippen molar-refractivity contribution in [1.82, 2.24) is 9.80 Å². The smallest absolute Gasteiger partial charge is 0.235 e. The van der Waals surface area contributed by atoms with Gasteiger partial charge in [0.25, 0.3) is 0 Å². The summed E-state index contributed by atoms with van der Waals surface area (Å²) in [5.74, 6) is -0.226. The van der Waals surface area contributed by atoms with Gasteiger partial charge < -0.3 is 9.84 Å². The maximum atomic E-state index is 12.6. The summed E-state index contributed by atoms with van der Waals surface area (Å²) in [6.07, 6.45) is -0.229. The van der Waals surface area contributed by atoms with Crippen LogP contribution in [-0.2, 0) is 14.3 Å². The Morgan fingerprint density at radius 1 is 1.22 bits per heavy atom. The van der Waals surface area contributed by atoms with E-state index in [-0.39, 0.29) is 42.9 Å². The van der Waals surface area contributed by atoms with Crippen LogP contribution in [0.2, 0.25) is 0 Å². The number of aliphatic hydroxyl groups is 1. The number of imide groups is 1. The molecule has 2 aliphatic rings. The van der Waals surface area contributed by atoms with Crippen LogP contribution in [0.3, 0.4) is 0 Å². The first-order valence-electron chi connectivity index (χ1n) is 8.54. The molecule has 1 N–H and O–H groups in total. The second-order valence-corrected chi connectivity index (χ2v) is 7.69. The normalized spacial score (nSPS) is 34.5. The van der Waals surface area contributed by atoms with Gasteiger partial charge >= 0.3 is 0 Å². The number of nitrogens with zero attached hydrogens (tertiary/aromatic N) is 2. The van der Waals surface area contributed by atoms with Gasteiger partial charge in [-0.25, -0.2) is 0 Å². The maximum Gasteiger partial charge on any atom is 0.235 e. The van der Waals surface area contributed by atoms with Crippen LogP contribution in [0.1, 0.15) is 41.0 Å². The number of β-amino-alcohol motifs (C(OH)–C–C–N with tert-alkyl or cyclic N) is 1. The van der Waals surface area contributed by atoms with E-state index < -0.39 is 11.5 Å². The first kappa shape index (κ1) is 18.4. The van der Waals surface area contributed by atoms with E-state index in [9.17, 15) is 14.7 Å². The predicted octanol–water partition coefficient (Wildman–Crippen LogP) is 0.878. The van der Waals surface area contributed by atoms with E-state index in [4.69, 9.17) is 4.74 Å². The molecule has 0 spiro atoms. The molecule has 2 fully saturated rings. The topological polar surface area (TPSA) is 70.1 Å². The molecule has 2 heterocycles. The Kier molecular flexibility index (Phi) is 5.48. The van der Waals surface area contributed by atoms with Gasteiger partial charge in [0.1, 0.15) is 0 Å². The van der Waals surface area contributed by atoms with Crippen molar-refractivity contribution in [3.05, 3.63) is 0 Å². The fourth-order valence-corrected chi connectivity index (χ4v) is 3.54. The lowest BCUT2D eigenvalue weighted by Crippen LogP contribution is -2.50. The van der Waals surface area contributed by atoms with E-state index in [0.29, 0.717) is 6.54 Å². The van der Waals surface area contributed by atoms with E-state index in [1.54, 1.807) is 0 Å². The molecule has 2 aliphatic heterocycles. The van der Waals surface area contributed by atoms with E-state index in [2.05, 4.69) is 4.90 Å². The average Bonchev–Trinajstić information content (AvgIpc) is 2.62. The molecule has 0 radical (unpaired) electrons. The fourth-order valence-electron chi connectivity index (χ4n) is 3.54. The van der Waals surface area contributed by atoms with Gasteiger partial charge in [0.2, 0.25) is 11.8 Å². The van der Waals surface area contributed by atoms with Gasteiger partial charge in [-0.05, 0) is 26.7 Å². The number of carbonyl (C=O) groups excluding carboxylic acids is 2. The summed E-state index contributed by atoms with van der Waals surface area (Å²) < 4.78 is 5.68. The summed E-state index contributed by atoms with van der Waals surface area (Å²) in [5, 5.41) is 10.4. The lowest BCUT2D eigenvalue weighted by Gasteiger charge is -2.36. The SMILES string of the molecule is CC(C)[C@]1(C)CC(=O)N(C[C@@H](O)CN2C[C@@H](C)O[C@H](C)C2)C1=O. The number of likely N-dealkylation sites (tertiary alicyclic amines) is 1. The molecule has 6 nitrogen and oxygen atoms in total. The second-order valence-electron chi connectivity index (χ2n) is 7.69. The zero-order valence-corrected chi connectivity index (χ0v) is 14.9. The van der Waals surface area contributed by atoms with Gasteiger partial charge in [-0.15, -0.1) is 0 Å². The third-order valence-electron chi connectivity index (χ3n) is 5.19. The van der Waals surface area contributed by atoms with Crippen LogP contribution in [0.5, 0.6) is 0 Å². The lowest BCUT2D eigenvalue weighted by molar-refractivity contribution is -0.144. The number of hydrogen-bond acceptors (Lipinski definition) is 5. The van der Waals surface area contributed by atoms with Crippen LogP contribution < -0.4 is 0 Å². The van der Waals surface area contributed by atoms with Crippen LogP contribution in [0.15, 0.2) is 0 Å². The van der Waals surface area contributed by atoms with Gasteiger partial charge in [0, 0.05) is 26.1 Å². The maximum absolute atomic E-state index is 12.6. The third kappa shape index (κ3) is 3.92. The minimum absolute atomic E-state index is 0.0834. The quantitative estimate of drug-likeness (QED) is 0.760. The van der Waals surface area contributed by atoms with E-state index in [1.165, 1.54) is 4.90 Å². The summed E-state index contributed by atoms with van der Waals surface area (Å²) in [7, 11) is 0. The standard InChI is InChI=1S/C17H30N2O4/c1-11(2)17(5)6-15(21)19(16(17)22)10-14(20)9-18-7-12(3)23-13(4)8-18/h11-14,20H,6-10H2,1-5H3/t12-,13-,14+,17+/m1/s1. The Morgan fingerprint density at radius 3 is 2.26 bits per heavy atom. The van der Waals surface area contributed by atoms with Gasteiger partial charge in [-0.1, -0.05) is 13.8 Å². The van der Waals surface area contributed by atoms with Gasteiger partial charge in [0.05, 0.1) is 30.3 Å². The van der Waals surface area contributed by atoms with E-state index in [1.807, 2.05) is 34.6 Å². The summed E-state index contributed by atoms with van der Waals surface area (Å²) in [6, 6.07) is 0. The summed E-state index contributed by atoms with van der Waals surface area (Å²) in [4.78, 5) is 28.2. The molecule has 2 saturated heterocycles. The van der Waals surface area contributed by atoms with Crippen molar-refractivity contribution in [2.45, 2.75) is 59.4 Å². The largest absolute Gasteiger partial charge is 0.390 e. The monoisotopic (exact) mass is 326 g/mol. The van der Waals surface area contributed by atoms with Crippen molar-refractivity contribution >= 4 is 11.8 Å². The highest BCUT2D eigenvalue weighted by molar-refractivity contribution is 6.05. The van der Waals surface area contributed by atoms with Crippen LogP contribution in [0, 0.1) is 11.3 Å². The summed E-state index contributed by atoms with van der Waals surface area (Å²) in [5.41, 5.74) is -0.640. The van der Waals surface area contributed by atoms with Crippen LogP contribution in [0.25, 0.3) is 0 Å². The highest BCUT2D eigenvalue weighted by Gasteiger charge is 2.50. The number of ether oxygens (including phenoxy) is 1. The first-order chi connectivity index (χ1) is 10.6. The number of rotatable bonds is 5. The lowest BCUT2D eigenvalue weighted by atomic mass is 9.78. The van der Waals surface area contributed by atoms with Crippen molar-refractivity contribution in [3.63, 3.8) is 0 Å². The Labute approximate surface area is 138 Å². The van der Waals surface area contributed by atoms with Gasteiger partial charge in [0.15, 0.2) is 0 Å². The number of aliphatic hydroxyl groups excluding tert-OH is 1. The van der Waals surface area contributed by atoms with E-state index >= 15 is 0 Å². The Hall–Kier alpha value is -0.980. The second kappa shape index (κ2) is 6.87. The van der Waals surface area contributed by atoms with E-state index in [0.717, 1.165) is 13.1 Å². The zero-order chi connectivity index (χ0) is 17.4. The highest BCUT2D eigenvalue weighted by Crippen LogP contribution is 2.39. The van der Waals surface area contributed by atoms with Gasteiger partial charge in [-0.3, -0.25) is 19.4 Å². The molecule has 0 aliphatic carbocycles. The van der Waals surface area contributed by atoms with Crippen molar-refractivity contribution in [3.8, 4) is 0 Å². The van der Waals surface area contributed by atoms with Crippen molar-refractivity contribution in [2.75, 3.05) is 26.2 Å². The van der Waals surface area contributed by atoms with Gasteiger partial charge in [-0.2, -0.15) is 0 Å². The molecule has 0 saturated carbocycles. The molecular formula is C17H30N2O4.